The van der Waals surface area contributed by atoms with Crippen LogP contribution >= 0.6 is 0 Å². The van der Waals surface area contributed by atoms with Crippen molar-refractivity contribution in [3.8, 4) is 5.69 Å². The maximum atomic E-state index is 12.7. The van der Waals surface area contributed by atoms with Gasteiger partial charge in [-0.15, -0.1) is 0 Å². The van der Waals surface area contributed by atoms with Crippen LogP contribution in [-0.2, 0) is 27.2 Å². The number of hydrogen-bond acceptors (Lipinski definition) is 4. The van der Waals surface area contributed by atoms with E-state index in [2.05, 4.69) is 10.4 Å². The van der Waals surface area contributed by atoms with Crippen LogP contribution in [0, 0.1) is 13.8 Å². The Morgan fingerprint density at radius 1 is 1.03 bits per heavy atom. The van der Waals surface area contributed by atoms with E-state index < -0.39 is 12.0 Å². The lowest BCUT2D eigenvalue weighted by Gasteiger charge is -2.17. The maximum Gasteiger partial charge on any atom is 0.328 e. The normalized spacial score (nSPS) is 11.7. The van der Waals surface area contributed by atoms with Crippen molar-refractivity contribution in [1.29, 1.82) is 0 Å². The first-order chi connectivity index (χ1) is 14.0. The molecule has 0 bridgehead atoms. The van der Waals surface area contributed by atoms with Crippen LogP contribution < -0.4 is 5.32 Å². The van der Waals surface area contributed by atoms with E-state index in [-0.39, 0.29) is 12.3 Å². The summed E-state index contributed by atoms with van der Waals surface area (Å²) in [6.07, 6.45) is 0.521. The largest absolute Gasteiger partial charge is 0.467 e. The monoisotopic (exact) mass is 391 g/mol. The van der Waals surface area contributed by atoms with Gasteiger partial charge in [0, 0.05) is 17.7 Å². The Hall–Kier alpha value is -3.41. The molecule has 1 atom stereocenters. The second kappa shape index (κ2) is 9.19. The number of nitrogens with zero attached hydrogens (tertiary/aromatic N) is 2. The lowest BCUT2D eigenvalue weighted by atomic mass is 10.0. The van der Waals surface area contributed by atoms with E-state index in [1.807, 2.05) is 79.2 Å². The van der Waals surface area contributed by atoms with Gasteiger partial charge in [-0.05, 0) is 31.5 Å². The number of esters is 1. The average molecular weight is 391 g/mol. The summed E-state index contributed by atoms with van der Waals surface area (Å²) in [7, 11) is 1.32. The first-order valence-electron chi connectivity index (χ1n) is 9.51. The number of amides is 1. The van der Waals surface area contributed by atoms with Gasteiger partial charge < -0.3 is 10.1 Å². The Morgan fingerprint density at radius 3 is 2.28 bits per heavy atom. The number of para-hydroxylation sites is 1. The maximum absolute atomic E-state index is 12.7. The molecule has 1 unspecified atom stereocenters. The highest BCUT2D eigenvalue weighted by Gasteiger charge is 2.23. The fraction of sp³-hybridized carbons (Fsp3) is 0.261. The number of carbonyl (C=O) groups is 2. The number of nitrogens with one attached hydrogen (secondary N) is 1. The van der Waals surface area contributed by atoms with Gasteiger partial charge >= 0.3 is 5.97 Å². The van der Waals surface area contributed by atoms with Gasteiger partial charge in [-0.3, -0.25) is 4.79 Å². The molecule has 3 rings (SSSR count). The zero-order valence-electron chi connectivity index (χ0n) is 16.9. The van der Waals surface area contributed by atoms with Crippen LogP contribution in [0.15, 0.2) is 60.7 Å². The third-order valence-corrected chi connectivity index (χ3v) is 4.88. The van der Waals surface area contributed by atoms with E-state index in [1.165, 1.54) is 7.11 Å². The molecule has 1 heterocycles. The van der Waals surface area contributed by atoms with E-state index >= 15 is 0 Å². The van der Waals surface area contributed by atoms with Crippen LogP contribution in [0.4, 0.5) is 0 Å². The van der Waals surface area contributed by atoms with Crippen molar-refractivity contribution in [2.45, 2.75) is 32.7 Å². The number of ether oxygens (including phenoxy) is 1. The van der Waals surface area contributed by atoms with Crippen LogP contribution in [0.1, 0.15) is 22.5 Å². The Labute approximate surface area is 170 Å². The molecule has 1 aromatic heterocycles. The highest BCUT2D eigenvalue weighted by molar-refractivity contribution is 5.86. The lowest BCUT2D eigenvalue weighted by Crippen LogP contribution is -2.43. The van der Waals surface area contributed by atoms with Crippen molar-refractivity contribution in [2.24, 2.45) is 0 Å². The number of rotatable bonds is 7. The smallest absolute Gasteiger partial charge is 0.328 e. The van der Waals surface area contributed by atoms with E-state index in [0.717, 1.165) is 28.2 Å². The topological polar surface area (TPSA) is 73.2 Å². The van der Waals surface area contributed by atoms with Gasteiger partial charge in [0.1, 0.15) is 6.04 Å². The number of aromatic nitrogens is 2. The Balaban J connectivity index is 1.75. The third-order valence-electron chi connectivity index (χ3n) is 4.88. The summed E-state index contributed by atoms with van der Waals surface area (Å²) in [5, 5.41) is 7.39. The molecule has 0 aliphatic heterocycles. The summed E-state index contributed by atoms with van der Waals surface area (Å²) in [5.74, 6) is -0.703. The van der Waals surface area contributed by atoms with Crippen molar-refractivity contribution in [3.63, 3.8) is 0 Å². The van der Waals surface area contributed by atoms with Crippen LogP contribution in [-0.4, -0.2) is 34.8 Å². The fourth-order valence-corrected chi connectivity index (χ4v) is 3.34. The van der Waals surface area contributed by atoms with E-state index in [0.29, 0.717) is 6.42 Å². The molecule has 0 aliphatic rings. The van der Waals surface area contributed by atoms with E-state index in [9.17, 15) is 9.59 Å². The summed E-state index contributed by atoms with van der Waals surface area (Å²) in [4.78, 5) is 24.9. The van der Waals surface area contributed by atoms with Crippen molar-refractivity contribution in [1.82, 2.24) is 15.1 Å². The van der Waals surface area contributed by atoms with Gasteiger partial charge in [-0.25, -0.2) is 9.48 Å². The first-order valence-corrected chi connectivity index (χ1v) is 9.51. The number of methoxy groups -OCH3 is 1. The van der Waals surface area contributed by atoms with Gasteiger partial charge in [0.15, 0.2) is 0 Å². The van der Waals surface area contributed by atoms with Gasteiger partial charge in [0.25, 0.3) is 0 Å². The van der Waals surface area contributed by atoms with E-state index in [4.69, 9.17) is 4.74 Å². The van der Waals surface area contributed by atoms with Crippen LogP contribution in [0.2, 0.25) is 0 Å². The second-order valence-electron chi connectivity index (χ2n) is 6.91. The van der Waals surface area contributed by atoms with Gasteiger partial charge in [-0.2, -0.15) is 5.10 Å². The quantitative estimate of drug-likeness (QED) is 0.629. The van der Waals surface area contributed by atoms with Crippen molar-refractivity contribution in [3.05, 3.63) is 83.2 Å². The number of benzene rings is 2. The summed E-state index contributed by atoms with van der Waals surface area (Å²) in [6, 6.07) is 18.6. The molecule has 6 heteroatoms. The third kappa shape index (κ3) is 4.90. The SMILES string of the molecule is COC(=O)C(Cc1ccccc1)NC(=O)Cc1c(C)nn(-c2ccccc2)c1C. The van der Waals surface area contributed by atoms with Gasteiger partial charge in [-0.1, -0.05) is 48.5 Å². The van der Waals surface area contributed by atoms with E-state index in [1.54, 1.807) is 0 Å². The molecular weight excluding hydrogens is 366 g/mol. The van der Waals surface area contributed by atoms with Crippen LogP contribution in [0.3, 0.4) is 0 Å². The zero-order valence-corrected chi connectivity index (χ0v) is 16.9. The zero-order chi connectivity index (χ0) is 20.8. The summed E-state index contributed by atoms with van der Waals surface area (Å²) < 4.78 is 6.71. The Morgan fingerprint density at radius 2 is 1.66 bits per heavy atom. The predicted molar refractivity (Wildman–Crippen MR) is 111 cm³/mol. The first kappa shape index (κ1) is 20.3. The van der Waals surface area contributed by atoms with Crippen molar-refractivity contribution in [2.75, 3.05) is 7.11 Å². The molecule has 29 heavy (non-hydrogen) atoms. The molecule has 1 N–H and O–H groups in total. The summed E-state index contributed by atoms with van der Waals surface area (Å²) in [6.45, 7) is 3.83. The molecule has 0 fully saturated rings. The van der Waals surface area contributed by atoms with Crippen LogP contribution in [0.25, 0.3) is 5.69 Å². The van der Waals surface area contributed by atoms with Gasteiger partial charge in [0.05, 0.1) is 24.9 Å². The minimum atomic E-state index is -0.736. The highest BCUT2D eigenvalue weighted by atomic mass is 16.5. The molecule has 3 aromatic rings. The van der Waals surface area contributed by atoms with Crippen molar-refractivity contribution >= 4 is 11.9 Å². The molecule has 0 aliphatic carbocycles. The van der Waals surface area contributed by atoms with Crippen LogP contribution in [0.5, 0.6) is 0 Å². The molecule has 150 valence electrons. The number of aryl methyl sites for hydroxylation is 1. The number of carbonyl (C=O) groups excluding carboxylic acids is 2. The molecule has 0 spiro atoms. The lowest BCUT2D eigenvalue weighted by molar-refractivity contribution is -0.145. The highest BCUT2D eigenvalue weighted by Crippen LogP contribution is 2.18. The molecular formula is C23H25N3O3. The molecule has 2 aromatic carbocycles. The summed E-state index contributed by atoms with van der Waals surface area (Å²) >= 11 is 0. The van der Waals surface area contributed by atoms with Crippen molar-refractivity contribution < 1.29 is 14.3 Å². The fourth-order valence-electron chi connectivity index (χ4n) is 3.34. The molecule has 6 nitrogen and oxygen atoms in total. The molecule has 0 saturated carbocycles. The number of hydrogen-bond donors (Lipinski definition) is 1. The molecule has 1 amide bonds. The predicted octanol–water partition coefficient (Wildman–Crippen LogP) is 2.93. The minimum Gasteiger partial charge on any atom is -0.467 e. The molecule has 0 radical (unpaired) electrons. The average Bonchev–Trinajstić information content (AvgIpc) is 3.02. The second-order valence-corrected chi connectivity index (χ2v) is 6.91. The minimum absolute atomic E-state index is 0.146. The summed E-state index contributed by atoms with van der Waals surface area (Å²) in [5.41, 5.74) is 4.44. The Bertz CT molecular complexity index is 981. The standard InChI is InChI=1S/C23H25N3O3/c1-16-20(17(2)26(25-16)19-12-8-5-9-13-19)15-22(27)24-21(23(28)29-3)14-18-10-6-4-7-11-18/h4-13,21H,14-15H2,1-3H3,(H,24,27). The Kier molecular flexibility index (Phi) is 6.44. The molecule has 0 saturated heterocycles. The van der Waals surface area contributed by atoms with Gasteiger partial charge in [0.2, 0.25) is 5.91 Å².